The summed E-state index contributed by atoms with van der Waals surface area (Å²) in [6.45, 7) is 5.47. The second-order valence-corrected chi connectivity index (χ2v) is 10.0. The van der Waals surface area contributed by atoms with Crippen molar-refractivity contribution in [2.24, 2.45) is 0 Å². The SMILES string of the molecule is CO[C@H](C)Cn1ccnc1C#Cc1ccc2ccc3ccc(C#Cc4nccn4C[C@@H](C)OC)c4ccc1c2c34. The molecule has 0 saturated carbocycles. The van der Waals surface area contributed by atoms with Gasteiger partial charge in [-0.1, -0.05) is 48.2 Å². The first-order chi connectivity index (χ1) is 19.6. The smallest absolute Gasteiger partial charge is 0.185 e. The van der Waals surface area contributed by atoms with Crippen LogP contribution in [0, 0.1) is 23.7 Å². The quantitative estimate of drug-likeness (QED) is 0.202. The minimum atomic E-state index is 0.0792. The minimum Gasteiger partial charge on any atom is -0.380 e. The van der Waals surface area contributed by atoms with Crippen molar-refractivity contribution >= 4 is 32.3 Å². The molecule has 0 N–H and O–H groups in total. The van der Waals surface area contributed by atoms with Gasteiger partial charge in [-0.2, -0.15) is 0 Å². The van der Waals surface area contributed by atoms with Gasteiger partial charge in [0.15, 0.2) is 11.6 Å². The Morgan fingerprint density at radius 3 is 1.48 bits per heavy atom. The van der Waals surface area contributed by atoms with E-state index in [0.717, 1.165) is 33.5 Å². The van der Waals surface area contributed by atoms with Crippen LogP contribution in [0.4, 0.5) is 0 Å². The van der Waals surface area contributed by atoms with Gasteiger partial charge in [-0.25, -0.2) is 9.97 Å². The highest BCUT2D eigenvalue weighted by Crippen LogP contribution is 2.37. The highest BCUT2D eigenvalue weighted by Gasteiger charge is 2.13. The molecule has 198 valence electrons. The summed E-state index contributed by atoms with van der Waals surface area (Å²) in [5, 5.41) is 7.03. The molecule has 6 nitrogen and oxygen atoms in total. The van der Waals surface area contributed by atoms with Crippen molar-refractivity contribution in [3.05, 3.63) is 96.1 Å². The Balaban J connectivity index is 1.43. The molecule has 0 amide bonds. The Morgan fingerprint density at radius 2 is 1.05 bits per heavy atom. The lowest BCUT2D eigenvalue weighted by Crippen LogP contribution is -2.15. The average Bonchev–Trinajstić information content (AvgIpc) is 3.62. The second-order valence-electron chi connectivity index (χ2n) is 10.0. The number of nitrogens with zero attached hydrogens (tertiary/aromatic N) is 4. The van der Waals surface area contributed by atoms with Crippen molar-refractivity contribution in [3.8, 4) is 23.7 Å². The lowest BCUT2D eigenvalue weighted by molar-refractivity contribution is 0.103. The van der Waals surface area contributed by atoms with E-state index in [4.69, 9.17) is 9.47 Å². The zero-order chi connectivity index (χ0) is 27.6. The van der Waals surface area contributed by atoms with E-state index in [9.17, 15) is 0 Å². The van der Waals surface area contributed by atoms with Gasteiger partial charge in [0.25, 0.3) is 0 Å². The third-order valence-corrected chi connectivity index (χ3v) is 7.43. The van der Waals surface area contributed by atoms with Crippen molar-refractivity contribution in [1.29, 1.82) is 0 Å². The number of methoxy groups -OCH3 is 2. The molecule has 6 aromatic rings. The van der Waals surface area contributed by atoms with Gasteiger partial charge < -0.3 is 18.6 Å². The molecule has 6 rings (SSSR count). The summed E-state index contributed by atoms with van der Waals surface area (Å²) in [5.74, 6) is 14.8. The van der Waals surface area contributed by atoms with Crippen molar-refractivity contribution in [2.45, 2.75) is 39.1 Å². The average molecular weight is 527 g/mol. The fourth-order valence-electron chi connectivity index (χ4n) is 5.13. The summed E-state index contributed by atoms with van der Waals surface area (Å²) in [7, 11) is 3.43. The van der Waals surface area contributed by atoms with E-state index in [0.29, 0.717) is 13.1 Å². The number of benzene rings is 4. The number of rotatable bonds is 6. The highest BCUT2D eigenvalue weighted by molar-refractivity contribution is 6.24. The largest absolute Gasteiger partial charge is 0.380 e. The van der Waals surface area contributed by atoms with Gasteiger partial charge >= 0.3 is 0 Å². The second kappa shape index (κ2) is 10.9. The summed E-state index contributed by atoms with van der Waals surface area (Å²) in [6.07, 6.45) is 7.60. The van der Waals surface area contributed by atoms with Gasteiger partial charge in [0.1, 0.15) is 0 Å². The Hall–Kier alpha value is -4.62. The van der Waals surface area contributed by atoms with Crippen LogP contribution in [0.3, 0.4) is 0 Å². The predicted molar refractivity (Wildman–Crippen MR) is 160 cm³/mol. The molecule has 0 saturated heterocycles. The molecular weight excluding hydrogens is 496 g/mol. The van der Waals surface area contributed by atoms with Gasteiger partial charge in [0, 0.05) is 50.1 Å². The van der Waals surface area contributed by atoms with E-state index in [-0.39, 0.29) is 12.2 Å². The van der Waals surface area contributed by atoms with Gasteiger partial charge in [-0.3, -0.25) is 0 Å². The van der Waals surface area contributed by atoms with Crippen LogP contribution in [0.25, 0.3) is 32.3 Å². The van der Waals surface area contributed by atoms with Crippen molar-refractivity contribution in [1.82, 2.24) is 19.1 Å². The zero-order valence-electron chi connectivity index (χ0n) is 23.1. The number of hydrogen-bond acceptors (Lipinski definition) is 4. The first kappa shape index (κ1) is 25.6. The van der Waals surface area contributed by atoms with Gasteiger partial charge in [0.05, 0.1) is 25.3 Å². The van der Waals surface area contributed by atoms with E-state index >= 15 is 0 Å². The maximum Gasteiger partial charge on any atom is 0.185 e. The van der Waals surface area contributed by atoms with Crippen LogP contribution in [0.2, 0.25) is 0 Å². The van der Waals surface area contributed by atoms with Crippen molar-refractivity contribution in [2.75, 3.05) is 14.2 Å². The topological polar surface area (TPSA) is 54.1 Å². The Kier molecular flexibility index (Phi) is 6.97. The number of aromatic nitrogens is 4. The highest BCUT2D eigenvalue weighted by atomic mass is 16.5. The summed E-state index contributed by atoms with van der Waals surface area (Å²) in [4.78, 5) is 8.93. The molecule has 0 unspecified atom stereocenters. The summed E-state index contributed by atoms with van der Waals surface area (Å²) in [5.41, 5.74) is 1.95. The molecule has 40 heavy (non-hydrogen) atoms. The molecule has 0 aliphatic rings. The molecule has 0 aliphatic heterocycles. The predicted octanol–water partition coefficient (Wildman–Crippen LogP) is 5.85. The van der Waals surface area contributed by atoms with Gasteiger partial charge in [-0.05, 0) is 70.1 Å². The molecule has 0 radical (unpaired) electrons. The molecular formula is C34H30N4O2. The molecule has 2 heterocycles. The fraction of sp³-hybridized carbons (Fsp3) is 0.235. The van der Waals surface area contributed by atoms with Crippen molar-refractivity contribution in [3.63, 3.8) is 0 Å². The Bertz CT molecular complexity index is 1800. The minimum absolute atomic E-state index is 0.0792. The zero-order valence-corrected chi connectivity index (χ0v) is 23.1. The molecule has 2 aromatic heterocycles. The van der Waals surface area contributed by atoms with Gasteiger partial charge in [-0.15, -0.1) is 0 Å². The van der Waals surface area contributed by atoms with E-state index in [1.165, 1.54) is 21.5 Å². The molecule has 0 aliphatic carbocycles. The summed E-state index contributed by atoms with van der Waals surface area (Å²) in [6, 6.07) is 17.2. The molecule has 0 bridgehead atoms. The fourth-order valence-corrected chi connectivity index (χ4v) is 5.13. The van der Waals surface area contributed by atoms with E-state index in [1.807, 2.05) is 35.4 Å². The third kappa shape index (κ3) is 4.80. The van der Waals surface area contributed by atoms with E-state index < -0.39 is 0 Å². The summed E-state index contributed by atoms with van der Waals surface area (Å²) < 4.78 is 14.9. The molecule has 0 fully saturated rings. The number of hydrogen-bond donors (Lipinski definition) is 0. The van der Waals surface area contributed by atoms with Gasteiger partial charge in [0.2, 0.25) is 0 Å². The molecule has 4 aromatic carbocycles. The summed E-state index contributed by atoms with van der Waals surface area (Å²) >= 11 is 0. The van der Waals surface area contributed by atoms with Crippen LogP contribution in [-0.2, 0) is 22.6 Å². The van der Waals surface area contributed by atoms with E-state index in [2.05, 4.69) is 82.2 Å². The molecule has 6 heteroatoms. The Morgan fingerprint density at radius 1 is 0.625 bits per heavy atom. The van der Waals surface area contributed by atoms with Crippen LogP contribution in [0.5, 0.6) is 0 Å². The maximum absolute atomic E-state index is 5.42. The number of imidazole rings is 2. The molecule has 2 atom stereocenters. The normalized spacial score (nSPS) is 12.8. The van der Waals surface area contributed by atoms with Crippen LogP contribution < -0.4 is 0 Å². The number of ether oxygens (including phenoxy) is 2. The standard InChI is InChI=1S/C34H30N4O2/c1-23(39-3)21-37-19-17-35-31(37)15-11-25-5-7-27-9-10-28-8-6-26(30-14-13-29(25)33(27)34(28)30)12-16-32-36-18-20-38(32)22-24(2)40-4/h5-10,13-14,17-20,23-24H,21-22H2,1-4H3/t23-,24-/m1/s1. The first-order valence-corrected chi connectivity index (χ1v) is 13.4. The third-order valence-electron chi connectivity index (χ3n) is 7.43. The lowest BCUT2D eigenvalue weighted by atomic mass is 9.90. The van der Waals surface area contributed by atoms with Crippen molar-refractivity contribution < 1.29 is 9.47 Å². The monoisotopic (exact) mass is 526 g/mol. The maximum atomic E-state index is 5.42. The van der Waals surface area contributed by atoms with Crippen LogP contribution >= 0.6 is 0 Å². The van der Waals surface area contributed by atoms with Crippen LogP contribution in [0.1, 0.15) is 36.6 Å². The first-order valence-electron chi connectivity index (χ1n) is 13.4. The molecule has 0 spiro atoms. The lowest BCUT2D eigenvalue weighted by Gasteiger charge is -2.13. The van der Waals surface area contributed by atoms with E-state index in [1.54, 1.807) is 26.6 Å². The van der Waals surface area contributed by atoms with Crippen LogP contribution in [-0.4, -0.2) is 45.5 Å². The van der Waals surface area contributed by atoms with Crippen LogP contribution in [0.15, 0.2) is 73.3 Å². The Labute approximate surface area is 233 Å².